The minimum Gasteiger partial charge on any atom is -0.492 e. The summed E-state index contributed by atoms with van der Waals surface area (Å²) in [6, 6.07) is 9.59. The number of para-hydroxylation sites is 1. The van der Waals surface area contributed by atoms with Crippen molar-refractivity contribution in [2.75, 3.05) is 20.2 Å². The van der Waals surface area contributed by atoms with Crippen LogP contribution in [0.1, 0.15) is 21.6 Å². The molecule has 1 aromatic heterocycles. The van der Waals surface area contributed by atoms with Crippen molar-refractivity contribution < 1.29 is 9.53 Å². The molecule has 0 aliphatic heterocycles. The fraction of sp³-hybridized carbons (Fsp3) is 0.333. The molecular formula is C15H18N2O2S. The molecule has 0 atom stereocenters. The van der Waals surface area contributed by atoms with Crippen LogP contribution in [0.4, 0.5) is 0 Å². The summed E-state index contributed by atoms with van der Waals surface area (Å²) in [4.78, 5) is 18.7. The summed E-state index contributed by atoms with van der Waals surface area (Å²) < 4.78 is 5.58. The van der Waals surface area contributed by atoms with E-state index in [1.54, 1.807) is 18.1 Å². The van der Waals surface area contributed by atoms with E-state index in [4.69, 9.17) is 4.74 Å². The highest BCUT2D eigenvalue weighted by molar-refractivity contribution is 7.13. The molecule has 20 heavy (non-hydrogen) atoms. The zero-order valence-corrected chi connectivity index (χ0v) is 12.5. The molecular weight excluding hydrogens is 272 g/mol. The highest BCUT2D eigenvalue weighted by Gasteiger charge is 2.14. The Morgan fingerprint density at radius 1 is 1.35 bits per heavy atom. The first kappa shape index (κ1) is 14.5. The lowest BCUT2D eigenvalue weighted by Crippen LogP contribution is -2.30. The van der Waals surface area contributed by atoms with Gasteiger partial charge in [-0.1, -0.05) is 25.1 Å². The Hall–Kier alpha value is -1.88. The molecule has 0 spiro atoms. The van der Waals surface area contributed by atoms with Gasteiger partial charge in [-0.05, 0) is 18.6 Å². The molecule has 0 saturated heterocycles. The minimum absolute atomic E-state index is 0.00105. The van der Waals surface area contributed by atoms with Crippen molar-refractivity contribution in [1.29, 1.82) is 0 Å². The second-order valence-electron chi connectivity index (χ2n) is 4.36. The number of amides is 1. The average Bonchev–Trinajstić information content (AvgIpc) is 2.96. The van der Waals surface area contributed by atoms with E-state index >= 15 is 0 Å². The van der Waals surface area contributed by atoms with Gasteiger partial charge in [-0.15, -0.1) is 11.3 Å². The van der Waals surface area contributed by atoms with E-state index in [2.05, 4.69) is 4.98 Å². The minimum atomic E-state index is -0.00105. The van der Waals surface area contributed by atoms with Crippen molar-refractivity contribution in [3.8, 4) is 5.75 Å². The second kappa shape index (κ2) is 7.05. The van der Waals surface area contributed by atoms with Gasteiger partial charge in [0.25, 0.3) is 5.91 Å². The molecule has 0 saturated carbocycles. The van der Waals surface area contributed by atoms with Gasteiger partial charge in [0.15, 0.2) is 0 Å². The number of aromatic nitrogens is 1. The molecule has 1 heterocycles. The molecule has 0 unspecified atom stereocenters. The van der Waals surface area contributed by atoms with Crippen LogP contribution in [0.15, 0.2) is 36.5 Å². The fourth-order valence-electron chi connectivity index (χ4n) is 1.68. The van der Waals surface area contributed by atoms with Crippen LogP contribution in [0.5, 0.6) is 5.75 Å². The molecule has 5 heteroatoms. The van der Waals surface area contributed by atoms with Gasteiger partial charge in [-0.3, -0.25) is 4.79 Å². The van der Waals surface area contributed by atoms with E-state index < -0.39 is 0 Å². The van der Waals surface area contributed by atoms with Gasteiger partial charge in [0, 0.05) is 7.05 Å². The van der Waals surface area contributed by atoms with Gasteiger partial charge in [-0.25, -0.2) is 4.98 Å². The third-order valence-corrected chi connectivity index (χ3v) is 3.98. The maximum absolute atomic E-state index is 12.2. The van der Waals surface area contributed by atoms with E-state index in [1.807, 2.05) is 37.3 Å². The van der Waals surface area contributed by atoms with Crippen molar-refractivity contribution in [2.45, 2.75) is 13.3 Å². The van der Waals surface area contributed by atoms with Crippen molar-refractivity contribution in [3.05, 3.63) is 46.4 Å². The Balaban J connectivity index is 1.82. The number of nitrogens with zero attached hydrogens (tertiary/aromatic N) is 2. The number of rotatable bonds is 6. The highest BCUT2D eigenvalue weighted by Crippen LogP contribution is 2.15. The summed E-state index contributed by atoms with van der Waals surface area (Å²) in [5.41, 5.74) is 0. The predicted octanol–water partition coefficient (Wildman–Crippen LogP) is 2.86. The summed E-state index contributed by atoms with van der Waals surface area (Å²) in [6.07, 6.45) is 2.51. The summed E-state index contributed by atoms with van der Waals surface area (Å²) in [5.74, 6) is 0.818. The van der Waals surface area contributed by atoms with Gasteiger partial charge in [0.1, 0.15) is 17.2 Å². The topological polar surface area (TPSA) is 42.4 Å². The standard InChI is InChI=1S/C15H18N2O2S/c1-3-14-16-11-13(20-14)15(18)17(2)9-10-19-12-7-5-4-6-8-12/h4-8,11H,3,9-10H2,1-2H3. The van der Waals surface area contributed by atoms with E-state index in [0.717, 1.165) is 17.2 Å². The monoisotopic (exact) mass is 290 g/mol. The third kappa shape index (κ3) is 3.81. The summed E-state index contributed by atoms with van der Waals surface area (Å²) in [7, 11) is 1.78. The van der Waals surface area contributed by atoms with Crippen molar-refractivity contribution >= 4 is 17.2 Å². The molecule has 0 bridgehead atoms. The third-order valence-electron chi connectivity index (χ3n) is 2.85. The van der Waals surface area contributed by atoms with E-state index in [-0.39, 0.29) is 5.91 Å². The van der Waals surface area contributed by atoms with Crippen molar-refractivity contribution in [2.24, 2.45) is 0 Å². The van der Waals surface area contributed by atoms with E-state index in [9.17, 15) is 4.79 Å². The molecule has 2 rings (SSSR count). The number of likely N-dealkylation sites (N-methyl/N-ethyl adjacent to an activating group) is 1. The van der Waals surface area contributed by atoms with Crippen LogP contribution in [0.3, 0.4) is 0 Å². The largest absolute Gasteiger partial charge is 0.492 e. The number of thiazole rings is 1. The number of hydrogen-bond acceptors (Lipinski definition) is 4. The molecule has 106 valence electrons. The Bertz CT molecular complexity index is 554. The Kier molecular flexibility index (Phi) is 5.12. The van der Waals surface area contributed by atoms with Gasteiger partial charge < -0.3 is 9.64 Å². The number of hydrogen-bond donors (Lipinski definition) is 0. The molecule has 1 amide bonds. The predicted molar refractivity (Wildman–Crippen MR) is 80.4 cm³/mol. The fourth-order valence-corrected chi connectivity index (χ4v) is 2.53. The SMILES string of the molecule is CCc1ncc(C(=O)N(C)CCOc2ccccc2)s1. The summed E-state index contributed by atoms with van der Waals surface area (Å²) in [6.45, 7) is 3.06. The highest BCUT2D eigenvalue weighted by atomic mass is 32.1. The summed E-state index contributed by atoms with van der Waals surface area (Å²) in [5, 5.41) is 0.988. The molecule has 0 fully saturated rings. The molecule has 0 N–H and O–H groups in total. The number of aryl methyl sites for hydroxylation is 1. The zero-order chi connectivity index (χ0) is 14.4. The lowest BCUT2D eigenvalue weighted by Gasteiger charge is -2.16. The second-order valence-corrected chi connectivity index (χ2v) is 5.48. The molecule has 1 aromatic carbocycles. The van der Waals surface area contributed by atoms with Crippen LogP contribution >= 0.6 is 11.3 Å². The van der Waals surface area contributed by atoms with Gasteiger partial charge in [-0.2, -0.15) is 0 Å². The molecule has 0 radical (unpaired) electrons. The van der Waals surface area contributed by atoms with Crippen LogP contribution in [0.2, 0.25) is 0 Å². The zero-order valence-electron chi connectivity index (χ0n) is 11.7. The first-order valence-corrected chi connectivity index (χ1v) is 7.40. The van der Waals surface area contributed by atoms with E-state index in [1.165, 1.54) is 11.3 Å². The Morgan fingerprint density at radius 3 is 2.75 bits per heavy atom. The van der Waals surface area contributed by atoms with Gasteiger partial charge in [0.05, 0.1) is 17.7 Å². The van der Waals surface area contributed by atoms with Crippen LogP contribution in [0, 0.1) is 0 Å². The molecule has 4 nitrogen and oxygen atoms in total. The van der Waals surface area contributed by atoms with Crippen molar-refractivity contribution in [1.82, 2.24) is 9.88 Å². The number of carbonyl (C=O) groups is 1. The van der Waals surface area contributed by atoms with Gasteiger partial charge in [0.2, 0.25) is 0 Å². The first-order valence-electron chi connectivity index (χ1n) is 6.58. The number of benzene rings is 1. The molecule has 2 aromatic rings. The summed E-state index contributed by atoms with van der Waals surface area (Å²) >= 11 is 1.46. The lowest BCUT2D eigenvalue weighted by molar-refractivity contribution is 0.0778. The van der Waals surface area contributed by atoms with Crippen LogP contribution in [-0.4, -0.2) is 36.0 Å². The maximum Gasteiger partial charge on any atom is 0.265 e. The Labute approximate surface area is 123 Å². The van der Waals surface area contributed by atoms with Crippen LogP contribution in [0.25, 0.3) is 0 Å². The first-order chi connectivity index (χ1) is 9.70. The van der Waals surface area contributed by atoms with Crippen molar-refractivity contribution in [3.63, 3.8) is 0 Å². The van der Waals surface area contributed by atoms with Crippen LogP contribution in [-0.2, 0) is 6.42 Å². The lowest BCUT2D eigenvalue weighted by atomic mass is 10.3. The smallest absolute Gasteiger partial charge is 0.265 e. The Morgan fingerprint density at radius 2 is 2.10 bits per heavy atom. The number of carbonyl (C=O) groups excluding carboxylic acids is 1. The molecule has 0 aliphatic carbocycles. The van der Waals surface area contributed by atoms with E-state index in [0.29, 0.717) is 18.0 Å². The normalized spacial score (nSPS) is 10.3. The van der Waals surface area contributed by atoms with Gasteiger partial charge >= 0.3 is 0 Å². The average molecular weight is 290 g/mol. The number of ether oxygens (including phenoxy) is 1. The maximum atomic E-state index is 12.2. The van der Waals surface area contributed by atoms with Crippen LogP contribution < -0.4 is 4.74 Å². The quantitative estimate of drug-likeness (QED) is 0.821. The molecule has 0 aliphatic rings.